The molecule has 2 aromatic heterocycles. The first-order valence-electron chi connectivity index (χ1n) is 6.25. The van der Waals surface area contributed by atoms with Crippen LogP contribution in [0.25, 0.3) is 11.2 Å². The smallest absolute Gasteiger partial charge is 0.181 e. The van der Waals surface area contributed by atoms with Gasteiger partial charge in [0.05, 0.1) is 12.9 Å². The SMILES string of the molecule is C[C@]1(O)C(n2cnc3c(NO)ncnc32)O[C@H](CO)[C@H]1O. The summed E-state index contributed by atoms with van der Waals surface area (Å²) in [6, 6.07) is 0. The number of nitrogens with one attached hydrogen (secondary N) is 1. The van der Waals surface area contributed by atoms with Crippen LogP contribution in [0.5, 0.6) is 0 Å². The lowest BCUT2D eigenvalue weighted by atomic mass is 9.96. The van der Waals surface area contributed by atoms with Gasteiger partial charge >= 0.3 is 0 Å². The molecule has 114 valence electrons. The molecule has 10 heteroatoms. The maximum absolute atomic E-state index is 10.4. The number of aromatic nitrogens is 4. The molecule has 0 spiro atoms. The van der Waals surface area contributed by atoms with E-state index in [2.05, 4.69) is 15.0 Å². The molecule has 1 unspecified atom stereocenters. The molecule has 4 atom stereocenters. The maximum atomic E-state index is 10.4. The highest BCUT2D eigenvalue weighted by Crippen LogP contribution is 2.39. The fraction of sp³-hybridized carbons (Fsp3) is 0.545. The second-order valence-corrected chi connectivity index (χ2v) is 5.04. The number of fused-ring (bicyclic) bond motifs is 1. The Balaban J connectivity index is 2.09. The number of nitrogens with zero attached hydrogens (tertiary/aromatic N) is 4. The van der Waals surface area contributed by atoms with Crippen molar-refractivity contribution in [2.75, 3.05) is 12.1 Å². The fourth-order valence-electron chi connectivity index (χ4n) is 2.50. The van der Waals surface area contributed by atoms with E-state index in [1.165, 1.54) is 24.1 Å². The summed E-state index contributed by atoms with van der Waals surface area (Å²) in [5.41, 5.74) is 0.846. The van der Waals surface area contributed by atoms with Crippen molar-refractivity contribution >= 4 is 17.0 Å². The Labute approximate surface area is 118 Å². The van der Waals surface area contributed by atoms with E-state index in [0.29, 0.717) is 5.65 Å². The molecule has 3 rings (SSSR count). The molecule has 1 fully saturated rings. The number of anilines is 1. The predicted molar refractivity (Wildman–Crippen MR) is 68.4 cm³/mol. The molecule has 0 amide bonds. The molecule has 0 bridgehead atoms. The molecule has 1 aliphatic rings. The van der Waals surface area contributed by atoms with Crippen LogP contribution < -0.4 is 5.48 Å². The van der Waals surface area contributed by atoms with Crippen molar-refractivity contribution in [1.29, 1.82) is 0 Å². The van der Waals surface area contributed by atoms with E-state index >= 15 is 0 Å². The van der Waals surface area contributed by atoms with E-state index < -0.39 is 30.6 Å². The fourth-order valence-corrected chi connectivity index (χ4v) is 2.50. The van der Waals surface area contributed by atoms with E-state index in [4.69, 9.17) is 9.94 Å². The van der Waals surface area contributed by atoms with E-state index in [1.54, 1.807) is 0 Å². The van der Waals surface area contributed by atoms with Crippen LogP contribution in [0.3, 0.4) is 0 Å². The Morgan fingerprint density at radius 2 is 2.19 bits per heavy atom. The van der Waals surface area contributed by atoms with Crippen LogP contribution in [0.1, 0.15) is 13.2 Å². The Morgan fingerprint density at radius 1 is 1.43 bits per heavy atom. The lowest BCUT2D eigenvalue weighted by Gasteiger charge is -2.27. The summed E-state index contributed by atoms with van der Waals surface area (Å²) in [6.07, 6.45) is -0.605. The minimum atomic E-state index is -1.64. The van der Waals surface area contributed by atoms with Gasteiger partial charge in [-0.2, -0.15) is 0 Å². The molecular weight excluding hydrogens is 282 g/mol. The zero-order chi connectivity index (χ0) is 15.2. The van der Waals surface area contributed by atoms with E-state index in [1.807, 2.05) is 5.48 Å². The Kier molecular flexibility index (Phi) is 3.26. The highest BCUT2D eigenvalue weighted by Gasteiger charge is 2.53. The second-order valence-electron chi connectivity index (χ2n) is 5.04. The second kappa shape index (κ2) is 4.86. The van der Waals surface area contributed by atoms with Gasteiger partial charge in [-0.25, -0.2) is 15.0 Å². The van der Waals surface area contributed by atoms with E-state index in [0.717, 1.165) is 0 Å². The highest BCUT2D eigenvalue weighted by atomic mass is 16.6. The average Bonchev–Trinajstić information content (AvgIpc) is 2.99. The minimum Gasteiger partial charge on any atom is -0.394 e. The van der Waals surface area contributed by atoms with Gasteiger partial charge in [-0.05, 0) is 6.92 Å². The van der Waals surface area contributed by atoms with Crippen molar-refractivity contribution in [2.45, 2.75) is 31.0 Å². The number of rotatable bonds is 3. The highest BCUT2D eigenvalue weighted by molar-refractivity contribution is 5.82. The molecule has 3 heterocycles. The summed E-state index contributed by atoms with van der Waals surface area (Å²) in [5.74, 6) is 0.107. The van der Waals surface area contributed by atoms with Gasteiger partial charge in [0, 0.05) is 0 Å². The van der Waals surface area contributed by atoms with Crippen molar-refractivity contribution in [1.82, 2.24) is 19.5 Å². The predicted octanol–water partition coefficient (Wildman–Crippen LogP) is -1.37. The summed E-state index contributed by atoms with van der Waals surface area (Å²) >= 11 is 0. The van der Waals surface area contributed by atoms with Crippen LogP contribution in [-0.4, -0.2) is 64.5 Å². The lowest BCUT2D eigenvalue weighted by Crippen LogP contribution is -2.44. The molecule has 1 saturated heterocycles. The molecule has 2 aromatic rings. The van der Waals surface area contributed by atoms with Crippen LogP contribution in [-0.2, 0) is 4.74 Å². The largest absolute Gasteiger partial charge is 0.394 e. The third-order valence-corrected chi connectivity index (χ3v) is 3.65. The number of hydrogen-bond donors (Lipinski definition) is 5. The van der Waals surface area contributed by atoms with Gasteiger partial charge in [0.2, 0.25) is 0 Å². The first-order valence-corrected chi connectivity index (χ1v) is 6.25. The number of hydrogen-bond acceptors (Lipinski definition) is 9. The van der Waals surface area contributed by atoms with Gasteiger partial charge in [-0.3, -0.25) is 15.3 Å². The van der Waals surface area contributed by atoms with Gasteiger partial charge < -0.3 is 20.1 Å². The zero-order valence-corrected chi connectivity index (χ0v) is 11.1. The van der Waals surface area contributed by atoms with Crippen LogP contribution in [0.2, 0.25) is 0 Å². The monoisotopic (exact) mass is 297 g/mol. The van der Waals surface area contributed by atoms with Gasteiger partial charge in [0.25, 0.3) is 0 Å². The number of aliphatic hydroxyl groups is 3. The molecule has 0 radical (unpaired) electrons. The van der Waals surface area contributed by atoms with Gasteiger partial charge in [0.15, 0.2) is 23.2 Å². The van der Waals surface area contributed by atoms with Gasteiger partial charge in [-0.15, -0.1) is 0 Å². The summed E-state index contributed by atoms with van der Waals surface area (Å²) in [6.45, 7) is 0.967. The number of ether oxygens (including phenoxy) is 1. The molecule has 5 N–H and O–H groups in total. The number of aliphatic hydroxyl groups excluding tert-OH is 2. The molecule has 0 aliphatic carbocycles. The first kappa shape index (κ1) is 14.1. The van der Waals surface area contributed by atoms with E-state index in [-0.39, 0.29) is 11.3 Å². The standard InChI is InChI=1S/C11H15N5O5/c1-11(19)7(18)5(2-17)21-10(11)16-4-14-6-8(15-20)12-3-13-9(6)16/h3-5,7,10,17-20H,2H2,1H3,(H,12,13,15)/t5-,7-,10?,11-/m1/s1. The van der Waals surface area contributed by atoms with Crippen molar-refractivity contribution in [2.24, 2.45) is 0 Å². The van der Waals surface area contributed by atoms with Crippen molar-refractivity contribution < 1.29 is 25.3 Å². The first-order chi connectivity index (χ1) is 10.0. The van der Waals surface area contributed by atoms with Crippen molar-refractivity contribution in [3.63, 3.8) is 0 Å². The minimum absolute atomic E-state index is 0.107. The van der Waals surface area contributed by atoms with Crippen LogP contribution >= 0.6 is 0 Å². The van der Waals surface area contributed by atoms with Gasteiger partial charge in [-0.1, -0.05) is 0 Å². The molecule has 1 aliphatic heterocycles. The zero-order valence-electron chi connectivity index (χ0n) is 11.1. The summed E-state index contributed by atoms with van der Waals surface area (Å²) in [5, 5.41) is 38.6. The topological polar surface area (TPSA) is 146 Å². The summed E-state index contributed by atoms with van der Waals surface area (Å²) in [4.78, 5) is 11.9. The Bertz CT molecular complexity index is 659. The average molecular weight is 297 g/mol. The summed E-state index contributed by atoms with van der Waals surface area (Å²) < 4.78 is 6.91. The van der Waals surface area contributed by atoms with Crippen LogP contribution in [0.15, 0.2) is 12.7 Å². The Morgan fingerprint density at radius 3 is 2.81 bits per heavy atom. The van der Waals surface area contributed by atoms with E-state index in [9.17, 15) is 15.3 Å². The summed E-state index contributed by atoms with van der Waals surface area (Å²) in [7, 11) is 0. The van der Waals surface area contributed by atoms with Crippen molar-refractivity contribution in [3.8, 4) is 0 Å². The van der Waals surface area contributed by atoms with Crippen LogP contribution in [0.4, 0.5) is 5.82 Å². The molecule has 0 aromatic carbocycles. The quantitative estimate of drug-likeness (QED) is 0.433. The molecule has 10 nitrogen and oxygen atoms in total. The maximum Gasteiger partial charge on any atom is 0.181 e. The van der Waals surface area contributed by atoms with Crippen molar-refractivity contribution in [3.05, 3.63) is 12.7 Å². The molecule has 21 heavy (non-hydrogen) atoms. The molecular formula is C11H15N5O5. The van der Waals surface area contributed by atoms with Gasteiger partial charge in [0.1, 0.15) is 24.1 Å². The lowest BCUT2D eigenvalue weighted by molar-refractivity contribution is -0.0950. The number of imidazole rings is 1. The Hall–Kier alpha value is -1.85. The normalized spacial score (nSPS) is 32.7. The van der Waals surface area contributed by atoms with Crippen LogP contribution in [0, 0.1) is 0 Å². The molecule has 0 saturated carbocycles. The third-order valence-electron chi connectivity index (χ3n) is 3.65. The third kappa shape index (κ3) is 1.96.